The van der Waals surface area contributed by atoms with E-state index in [1.807, 2.05) is 75.4 Å². The molecule has 0 heterocycles. The first-order valence-corrected chi connectivity index (χ1v) is 17.0. The lowest BCUT2D eigenvalue weighted by Crippen LogP contribution is -2.52. The predicted octanol–water partition coefficient (Wildman–Crippen LogP) is 6.51. The Labute approximate surface area is 263 Å². The van der Waals surface area contributed by atoms with Gasteiger partial charge in [0.05, 0.1) is 11.9 Å². The summed E-state index contributed by atoms with van der Waals surface area (Å²) in [6.07, 6.45) is 2.57. The molecule has 226 valence electrons. The minimum atomic E-state index is -3.63. The summed E-state index contributed by atoms with van der Waals surface area (Å²) < 4.78 is 27.7. The number of amides is 2. The molecule has 0 unspecified atom stereocenters. The van der Waals surface area contributed by atoms with Crippen LogP contribution in [0.5, 0.6) is 0 Å². The second-order valence-corrected chi connectivity index (χ2v) is 13.8. The zero-order chi connectivity index (χ0) is 30.9. The Bertz CT molecular complexity index is 1450. The molecule has 2 atom stereocenters. The summed E-state index contributed by atoms with van der Waals surface area (Å²) in [6, 6.07) is 21.6. The number of hydrogen-bond donors (Lipinski definition) is 1. The Morgan fingerprint density at radius 1 is 1.00 bits per heavy atom. The largest absolute Gasteiger partial charge is 0.352 e. The van der Waals surface area contributed by atoms with E-state index < -0.39 is 16.1 Å². The van der Waals surface area contributed by atoms with Crippen molar-refractivity contribution < 1.29 is 18.0 Å². The maximum atomic E-state index is 13.9. The van der Waals surface area contributed by atoms with Gasteiger partial charge in [0.2, 0.25) is 21.8 Å². The average molecular weight is 677 g/mol. The number of sulfonamides is 1. The lowest BCUT2D eigenvalue weighted by molar-refractivity contribution is -0.141. The molecule has 0 fully saturated rings. The number of halogens is 2. The van der Waals surface area contributed by atoms with Gasteiger partial charge in [-0.2, -0.15) is 0 Å². The maximum absolute atomic E-state index is 13.9. The van der Waals surface area contributed by atoms with E-state index in [1.165, 1.54) is 4.31 Å². The van der Waals surface area contributed by atoms with E-state index in [4.69, 9.17) is 11.6 Å². The molecule has 10 heteroatoms. The van der Waals surface area contributed by atoms with Gasteiger partial charge in [-0.3, -0.25) is 13.9 Å². The van der Waals surface area contributed by atoms with E-state index in [2.05, 4.69) is 21.2 Å². The minimum Gasteiger partial charge on any atom is -0.352 e. The molecule has 0 saturated heterocycles. The summed E-state index contributed by atoms with van der Waals surface area (Å²) in [5.41, 5.74) is 3.07. The molecule has 3 rings (SSSR count). The van der Waals surface area contributed by atoms with E-state index in [9.17, 15) is 18.0 Å². The van der Waals surface area contributed by atoms with Crippen molar-refractivity contribution in [1.29, 1.82) is 0 Å². The normalized spacial score (nSPS) is 12.8. The smallest absolute Gasteiger partial charge is 0.243 e. The van der Waals surface area contributed by atoms with Crippen LogP contribution in [0.2, 0.25) is 5.02 Å². The fourth-order valence-corrected chi connectivity index (χ4v) is 6.06. The van der Waals surface area contributed by atoms with Gasteiger partial charge >= 0.3 is 0 Å². The van der Waals surface area contributed by atoms with E-state index >= 15 is 0 Å². The van der Waals surface area contributed by atoms with E-state index in [1.54, 1.807) is 23.1 Å². The first kappa shape index (κ1) is 33.6. The van der Waals surface area contributed by atoms with Crippen molar-refractivity contribution in [2.45, 2.75) is 65.1 Å². The second-order valence-electron chi connectivity index (χ2n) is 10.5. The molecule has 42 heavy (non-hydrogen) atoms. The highest BCUT2D eigenvalue weighted by Gasteiger charge is 2.31. The van der Waals surface area contributed by atoms with Crippen molar-refractivity contribution in [3.05, 3.63) is 99.0 Å². The van der Waals surface area contributed by atoms with Crippen LogP contribution < -0.4 is 9.62 Å². The second kappa shape index (κ2) is 15.5. The molecule has 0 aromatic heterocycles. The molecule has 3 aromatic rings. The topological polar surface area (TPSA) is 86.8 Å². The van der Waals surface area contributed by atoms with Crippen LogP contribution in [-0.2, 0) is 32.6 Å². The number of nitrogens with one attached hydrogen (secondary N) is 1. The van der Waals surface area contributed by atoms with Crippen molar-refractivity contribution in [2.24, 2.45) is 0 Å². The highest BCUT2D eigenvalue weighted by atomic mass is 79.9. The third kappa shape index (κ3) is 9.85. The van der Waals surface area contributed by atoms with Gasteiger partial charge in [0.15, 0.2) is 0 Å². The molecule has 0 aliphatic carbocycles. The first-order chi connectivity index (χ1) is 19.9. The molecule has 7 nitrogen and oxygen atoms in total. The molecule has 0 radical (unpaired) electrons. The summed E-state index contributed by atoms with van der Waals surface area (Å²) in [6.45, 7) is 6.09. The Morgan fingerprint density at radius 3 is 2.29 bits per heavy atom. The molecule has 1 N–H and O–H groups in total. The summed E-state index contributed by atoms with van der Waals surface area (Å²) in [4.78, 5) is 29.2. The summed E-state index contributed by atoms with van der Waals surface area (Å²) in [5.74, 6) is -0.444. The third-order valence-electron chi connectivity index (χ3n) is 7.13. The van der Waals surface area contributed by atoms with Gasteiger partial charge in [0, 0.05) is 41.5 Å². The van der Waals surface area contributed by atoms with Crippen LogP contribution >= 0.6 is 27.5 Å². The van der Waals surface area contributed by atoms with Crippen molar-refractivity contribution >= 4 is 55.1 Å². The standard InChI is InChI=1S/C32H39BrClN3O4S/c1-5-24(3)35-32(39)30(20-25-10-7-6-8-11-25)36(22-26-14-16-27(33)17-15-26)31(38)12-9-19-37(42(4,40)41)29-21-28(34)18-13-23(29)2/h6-8,10-11,13-18,21,24,30H,5,9,12,19-20,22H2,1-4H3,(H,35,39)/t24-,30+/m1/s1. The fourth-order valence-electron chi connectivity index (χ4n) is 4.62. The number of aryl methyl sites for hydroxylation is 1. The van der Waals surface area contributed by atoms with Crippen molar-refractivity contribution in [1.82, 2.24) is 10.2 Å². The Balaban J connectivity index is 1.90. The van der Waals surface area contributed by atoms with Gasteiger partial charge in [-0.15, -0.1) is 0 Å². The highest BCUT2D eigenvalue weighted by Crippen LogP contribution is 2.27. The van der Waals surface area contributed by atoms with Gasteiger partial charge in [0.25, 0.3) is 0 Å². The molecule has 0 aliphatic heterocycles. The Hall–Kier alpha value is -2.88. The predicted molar refractivity (Wildman–Crippen MR) is 174 cm³/mol. The molecular weight excluding hydrogens is 638 g/mol. The van der Waals surface area contributed by atoms with E-state index in [-0.39, 0.29) is 43.8 Å². The highest BCUT2D eigenvalue weighted by molar-refractivity contribution is 9.10. The number of anilines is 1. The van der Waals surface area contributed by atoms with E-state index in [0.29, 0.717) is 17.1 Å². The molecule has 0 aliphatic rings. The third-order valence-corrected chi connectivity index (χ3v) is 9.07. The van der Waals surface area contributed by atoms with Gasteiger partial charge in [0.1, 0.15) is 6.04 Å². The molecule has 0 spiro atoms. The fraction of sp³-hybridized carbons (Fsp3) is 0.375. The Morgan fingerprint density at radius 2 is 1.67 bits per heavy atom. The summed E-state index contributed by atoms with van der Waals surface area (Å²) in [5, 5.41) is 3.49. The van der Waals surface area contributed by atoms with Crippen molar-refractivity contribution in [3.63, 3.8) is 0 Å². The molecular formula is C32H39BrClN3O4S. The first-order valence-electron chi connectivity index (χ1n) is 14.0. The van der Waals surface area contributed by atoms with Gasteiger partial charge in [-0.1, -0.05) is 83.0 Å². The monoisotopic (exact) mass is 675 g/mol. The number of nitrogens with zero attached hydrogens (tertiary/aromatic N) is 2. The van der Waals surface area contributed by atoms with Gasteiger partial charge in [-0.25, -0.2) is 8.42 Å². The Kier molecular flexibility index (Phi) is 12.4. The SMILES string of the molecule is CC[C@@H](C)NC(=O)[C@H](Cc1ccccc1)N(Cc1ccc(Br)cc1)C(=O)CCCN(c1cc(Cl)ccc1C)S(C)(=O)=O. The van der Waals surface area contributed by atoms with Crippen LogP contribution in [0.1, 0.15) is 49.8 Å². The molecule has 3 aromatic carbocycles. The van der Waals surface area contributed by atoms with Gasteiger partial charge < -0.3 is 10.2 Å². The van der Waals surface area contributed by atoms with Crippen molar-refractivity contribution in [3.8, 4) is 0 Å². The maximum Gasteiger partial charge on any atom is 0.243 e. The molecule has 2 amide bonds. The minimum absolute atomic E-state index is 0.0512. The lowest BCUT2D eigenvalue weighted by Gasteiger charge is -2.33. The van der Waals surface area contributed by atoms with Gasteiger partial charge in [-0.05, 0) is 67.6 Å². The molecule has 0 bridgehead atoms. The zero-order valence-electron chi connectivity index (χ0n) is 24.5. The lowest BCUT2D eigenvalue weighted by atomic mass is 10.0. The number of carbonyl (C=O) groups is 2. The van der Waals surface area contributed by atoms with Crippen LogP contribution in [0.4, 0.5) is 5.69 Å². The zero-order valence-corrected chi connectivity index (χ0v) is 27.7. The number of hydrogen-bond acceptors (Lipinski definition) is 4. The number of carbonyl (C=O) groups excluding carboxylic acids is 2. The van der Waals surface area contributed by atoms with Crippen LogP contribution in [0.15, 0.2) is 77.3 Å². The average Bonchev–Trinajstić information content (AvgIpc) is 2.95. The van der Waals surface area contributed by atoms with Crippen LogP contribution in [0, 0.1) is 6.92 Å². The summed E-state index contributed by atoms with van der Waals surface area (Å²) >= 11 is 9.64. The van der Waals surface area contributed by atoms with Crippen LogP contribution in [0.25, 0.3) is 0 Å². The molecule has 0 saturated carbocycles. The van der Waals surface area contributed by atoms with E-state index in [0.717, 1.165) is 33.8 Å². The number of rotatable bonds is 14. The van der Waals surface area contributed by atoms with Crippen LogP contribution in [0.3, 0.4) is 0 Å². The quantitative estimate of drug-likeness (QED) is 0.211. The number of benzene rings is 3. The summed E-state index contributed by atoms with van der Waals surface area (Å²) in [7, 11) is -3.63. The van der Waals surface area contributed by atoms with Crippen molar-refractivity contribution in [2.75, 3.05) is 17.1 Å². The van der Waals surface area contributed by atoms with Crippen LogP contribution in [-0.4, -0.2) is 50.0 Å².